The number of carbonyl (C=O) groups is 1. The Balaban J connectivity index is 2.59. The topological polar surface area (TPSA) is 46.5 Å². The van der Waals surface area contributed by atoms with Crippen molar-refractivity contribution in [3.63, 3.8) is 0 Å². The Morgan fingerprint density at radius 2 is 1.28 bits per heavy atom. The minimum absolute atomic E-state index is 0.0374. The van der Waals surface area contributed by atoms with Gasteiger partial charge in [-0.1, -0.05) is 65.5 Å². The van der Waals surface area contributed by atoms with Gasteiger partial charge in [0.15, 0.2) is 0 Å². The van der Waals surface area contributed by atoms with Gasteiger partial charge < -0.3 is 9.84 Å². The standard InChI is InChI=1S/C29H42O3/c1-5-9-15-22-21-28(32-29(31)26-19-13-14-20-27(26)30)25(18-12-8-4)24(17-11-7-3)23(22)16-10-6-2/h13-14,19-21,30H,5-12,15-18H2,1-4H3. The van der Waals surface area contributed by atoms with E-state index in [1.807, 2.05) is 0 Å². The number of ether oxygens (including phenoxy) is 1. The Morgan fingerprint density at radius 3 is 1.88 bits per heavy atom. The van der Waals surface area contributed by atoms with Crippen LogP contribution in [0.1, 0.15) is 112 Å². The van der Waals surface area contributed by atoms with Crippen LogP contribution in [0.3, 0.4) is 0 Å². The number of aromatic hydroxyl groups is 1. The summed E-state index contributed by atoms with van der Waals surface area (Å²) < 4.78 is 6.01. The molecule has 0 aliphatic heterocycles. The van der Waals surface area contributed by atoms with E-state index in [1.54, 1.807) is 18.2 Å². The number of unbranched alkanes of at least 4 members (excludes halogenated alkanes) is 4. The molecule has 0 atom stereocenters. The first-order valence-electron chi connectivity index (χ1n) is 12.7. The van der Waals surface area contributed by atoms with Crippen molar-refractivity contribution in [2.24, 2.45) is 0 Å². The minimum atomic E-state index is -0.481. The fourth-order valence-corrected chi connectivity index (χ4v) is 4.29. The number of benzene rings is 2. The molecule has 0 amide bonds. The van der Waals surface area contributed by atoms with Gasteiger partial charge in [0.25, 0.3) is 0 Å². The molecule has 0 heterocycles. The van der Waals surface area contributed by atoms with Gasteiger partial charge in [-0.05, 0) is 91.8 Å². The van der Waals surface area contributed by atoms with Crippen LogP contribution >= 0.6 is 0 Å². The van der Waals surface area contributed by atoms with Crippen LogP contribution in [0.15, 0.2) is 30.3 Å². The fraction of sp³-hybridized carbons (Fsp3) is 0.552. The Labute approximate surface area is 195 Å². The Hall–Kier alpha value is -2.29. The molecule has 176 valence electrons. The predicted octanol–water partition coefficient (Wildman–Crippen LogP) is 7.98. The highest BCUT2D eigenvalue weighted by Crippen LogP contribution is 2.35. The number of phenols is 1. The van der Waals surface area contributed by atoms with Crippen molar-refractivity contribution in [3.8, 4) is 11.5 Å². The predicted molar refractivity (Wildman–Crippen MR) is 134 cm³/mol. The SMILES string of the molecule is CCCCc1cc(OC(=O)c2ccccc2O)c(CCCC)c(CCCC)c1CCCC. The van der Waals surface area contributed by atoms with Gasteiger partial charge in [0, 0.05) is 0 Å². The third kappa shape index (κ3) is 7.12. The van der Waals surface area contributed by atoms with Crippen molar-refractivity contribution in [3.05, 3.63) is 58.1 Å². The zero-order valence-corrected chi connectivity index (χ0v) is 20.6. The lowest BCUT2D eigenvalue weighted by molar-refractivity contribution is 0.0729. The number of esters is 1. The molecule has 0 aliphatic rings. The van der Waals surface area contributed by atoms with Gasteiger partial charge in [0.05, 0.1) is 0 Å². The molecule has 0 saturated heterocycles. The summed E-state index contributed by atoms with van der Waals surface area (Å²) in [5.41, 5.74) is 5.68. The van der Waals surface area contributed by atoms with E-state index in [0.717, 1.165) is 64.2 Å². The highest BCUT2D eigenvalue weighted by atomic mass is 16.5. The van der Waals surface area contributed by atoms with Crippen LogP contribution in [0.5, 0.6) is 11.5 Å². The lowest BCUT2D eigenvalue weighted by Gasteiger charge is -2.23. The van der Waals surface area contributed by atoms with Crippen LogP contribution in [0.4, 0.5) is 0 Å². The zero-order valence-electron chi connectivity index (χ0n) is 20.6. The van der Waals surface area contributed by atoms with E-state index in [0.29, 0.717) is 5.75 Å². The van der Waals surface area contributed by atoms with Gasteiger partial charge in [0.2, 0.25) is 0 Å². The van der Waals surface area contributed by atoms with Crippen LogP contribution in [-0.2, 0) is 25.7 Å². The van der Waals surface area contributed by atoms with Crippen molar-refractivity contribution >= 4 is 5.97 Å². The molecule has 0 fully saturated rings. The molecule has 0 unspecified atom stereocenters. The summed E-state index contributed by atoms with van der Waals surface area (Å²) in [6.07, 6.45) is 13.2. The molecule has 0 radical (unpaired) electrons. The second kappa shape index (κ2) is 14.0. The molecule has 0 bridgehead atoms. The largest absolute Gasteiger partial charge is 0.507 e. The van der Waals surface area contributed by atoms with E-state index in [2.05, 4.69) is 33.8 Å². The van der Waals surface area contributed by atoms with Gasteiger partial charge in [-0.25, -0.2) is 4.79 Å². The lowest BCUT2D eigenvalue weighted by Crippen LogP contribution is -2.14. The Kier molecular flexibility index (Phi) is 11.3. The maximum absolute atomic E-state index is 13.0. The summed E-state index contributed by atoms with van der Waals surface area (Å²) in [5.74, 6) is 0.179. The third-order valence-electron chi connectivity index (χ3n) is 6.19. The highest BCUT2D eigenvalue weighted by molar-refractivity contribution is 5.94. The first-order chi connectivity index (χ1) is 15.6. The molecule has 1 N–H and O–H groups in total. The van der Waals surface area contributed by atoms with E-state index < -0.39 is 5.97 Å². The summed E-state index contributed by atoms with van der Waals surface area (Å²) in [6.45, 7) is 8.90. The number of phenolic OH excluding ortho intramolecular Hbond substituents is 1. The summed E-state index contributed by atoms with van der Waals surface area (Å²) in [6, 6.07) is 8.75. The quantitative estimate of drug-likeness (QED) is 0.240. The molecule has 0 saturated carbocycles. The first kappa shape index (κ1) is 26.0. The minimum Gasteiger partial charge on any atom is -0.507 e. The molecule has 2 rings (SSSR count). The molecular weight excluding hydrogens is 396 g/mol. The van der Waals surface area contributed by atoms with Crippen molar-refractivity contribution in [1.82, 2.24) is 0 Å². The summed E-state index contributed by atoms with van der Waals surface area (Å²) in [7, 11) is 0. The van der Waals surface area contributed by atoms with Crippen LogP contribution in [-0.4, -0.2) is 11.1 Å². The van der Waals surface area contributed by atoms with Crippen molar-refractivity contribution in [1.29, 1.82) is 0 Å². The van der Waals surface area contributed by atoms with E-state index in [1.165, 1.54) is 41.2 Å². The average molecular weight is 439 g/mol. The molecular formula is C29H42O3. The second-order valence-corrected chi connectivity index (χ2v) is 8.79. The van der Waals surface area contributed by atoms with Gasteiger partial charge in [0.1, 0.15) is 17.1 Å². The molecule has 2 aromatic rings. The molecule has 0 spiro atoms. The molecule has 0 aliphatic carbocycles. The summed E-state index contributed by atoms with van der Waals surface area (Å²) in [4.78, 5) is 13.0. The fourth-order valence-electron chi connectivity index (χ4n) is 4.29. The number of hydrogen-bond acceptors (Lipinski definition) is 3. The lowest BCUT2D eigenvalue weighted by atomic mass is 9.85. The Morgan fingerprint density at radius 1 is 0.750 bits per heavy atom. The van der Waals surface area contributed by atoms with Crippen molar-refractivity contribution < 1.29 is 14.6 Å². The third-order valence-corrected chi connectivity index (χ3v) is 6.19. The van der Waals surface area contributed by atoms with Crippen LogP contribution in [0, 0.1) is 0 Å². The number of rotatable bonds is 14. The van der Waals surface area contributed by atoms with E-state index in [-0.39, 0.29) is 11.3 Å². The second-order valence-electron chi connectivity index (χ2n) is 8.79. The molecule has 3 nitrogen and oxygen atoms in total. The maximum atomic E-state index is 13.0. The number of carbonyl (C=O) groups excluding carboxylic acids is 1. The smallest absolute Gasteiger partial charge is 0.347 e. The van der Waals surface area contributed by atoms with E-state index >= 15 is 0 Å². The van der Waals surface area contributed by atoms with Crippen molar-refractivity contribution in [2.45, 2.75) is 105 Å². The van der Waals surface area contributed by atoms with E-state index in [4.69, 9.17) is 4.74 Å². The van der Waals surface area contributed by atoms with E-state index in [9.17, 15) is 9.90 Å². The first-order valence-corrected chi connectivity index (χ1v) is 12.7. The van der Waals surface area contributed by atoms with Gasteiger partial charge >= 0.3 is 5.97 Å². The Bertz CT molecular complexity index is 854. The normalized spacial score (nSPS) is 11.0. The van der Waals surface area contributed by atoms with Crippen LogP contribution in [0.2, 0.25) is 0 Å². The van der Waals surface area contributed by atoms with Gasteiger partial charge in [-0.2, -0.15) is 0 Å². The van der Waals surface area contributed by atoms with Crippen LogP contribution < -0.4 is 4.74 Å². The number of para-hydroxylation sites is 1. The van der Waals surface area contributed by atoms with Gasteiger partial charge in [-0.3, -0.25) is 0 Å². The maximum Gasteiger partial charge on any atom is 0.347 e. The molecule has 32 heavy (non-hydrogen) atoms. The number of hydrogen-bond donors (Lipinski definition) is 1. The number of aryl methyl sites for hydroxylation is 1. The van der Waals surface area contributed by atoms with Gasteiger partial charge in [-0.15, -0.1) is 0 Å². The molecule has 2 aromatic carbocycles. The molecule has 0 aromatic heterocycles. The molecule has 3 heteroatoms. The summed E-state index contributed by atoms with van der Waals surface area (Å²) in [5, 5.41) is 10.2. The van der Waals surface area contributed by atoms with Crippen molar-refractivity contribution in [2.75, 3.05) is 0 Å². The summed E-state index contributed by atoms with van der Waals surface area (Å²) >= 11 is 0. The highest BCUT2D eigenvalue weighted by Gasteiger charge is 2.21. The average Bonchev–Trinajstić information content (AvgIpc) is 2.79. The monoisotopic (exact) mass is 438 g/mol. The zero-order chi connectivity index (χ0) is 23.3. The van der Waals surface area contributed by atoms with Crippen LogP contribution in [0.25, 0.3) is 0 Å².